The summed E-state index contributed by atoms with van der Waals surface area (Å²) in [5.41, 5.74) is 3.68. The highest BCUT2D eigenvalue weighted by molar-refractivity contribution is 6.35. The van der Waals surface area contributed by atoms with E-state index in [0.29, 0.717) is 26.9 Å². The van der Waals surface area contributed by atoms with Gasteiger partial charge in [0.2, 0.25) is 0 Å². The van der Waals surface area contributed by atoms with Crippen LogP contribution in [-0.2, 0) is 4.79 Å². The van der Waals surface area contributed by atoms with Crippen LogP contribution in [0.5, 0.6) is 0 Å². The minimum Gasteiger partial charge on any atom is -0.480 e. The smallest absolute Gasteiger partial charge is 0.326 e. The van der Waals surface area contributed by atoms with Gasteiger partial charge in [0.1, 0.15) is 6.04 Å². The van der Waals surface area contributed by atoms with Gasteiger partial charge in [-0.05, 0) is 35.4 Å². The number of anilines is 1. The summed E-state index contributed by atoms with van der Waals surface area (Å²) in [7, 11) is 0. The number of benzene rings is 3. The fourth-order valence-corrected chi connectivity index (χ4v) is 4.26. The number of carboxylic acids is 1. The molecule has 3 N–H and O–H groups in total. The third kappa shape index (κ3) is 4.13. The van der Waals surface area contributed by atoms with E-state index in [1.165, 1.54) is 0 Å². The van der Waals surface area contributed by atoms with Crippen molar-refractivity contribution in [3.05, 3.63) is 87.9 Å². The molecular formula is C23H18Cl2N2O3. The molecule has 4 rings (SSSR count). The second-order valence-electron chi connectivity index (χ2n) is 7.09. The molecule has 1 aliphatic rings. The number of nitrogens with one attached hydrogen (secondary N) is 2. The summed E-state index contributed by atoms with van der Waals surface area (Å²) in [5, 5.41) is 16.1. The monoisotopic (exact) mass is 440 g/mol. The maximum Gasteiger partial charge on any atom is 0.326 e. The van der Waals surface area contributed by atoms with Crippen molar-refractivity contribution in [2.75, 3.05) is 5.32 Å². The van der Waals surface area contributed by atoms with E-state index in [0.717, 1.165) is 11.1 Å². The average Bonchev–Trinajstić information content (AvgIpc) is 2.73. The molecule has 0 spiro atoms. The summed E-state index contributed by atoms with van der Waals surface area (Å²) in [6.45, 7) is 0. The highest BCUT2D eigenvalue weighted by Gasteiger charge is 2.33. The molecule has 0 radical (unpaired) electrons. The molecule has 0 unspecified atom stereocenters. The van der Waals surface area contributed by atoms with Gasteiger partial charge in [-0.15, -0.1) is 0 Å². The molecule has 0 saturated carbocycles. The van der Waals surface area contributed by atoms with E-state index >= 15 is 0 Å². The van der Waals surface area contributed by atoms with Gasteiger partial charge in [-0.3, -0.25) is 4.79 Å². The second-order valence-corrected chi connectivity index (χ2v) is 7.93. The molecule has 7 heteroatoms. The number of hydrogen-bond donors (Lipinski definition) is 3. The Labute approximate surface area is 183 Å². The van der Waals surface area contributed by atoms with Crippen LogP contribution in [0.1, 0.15) is 28.4 Å². The third-order valence-electron chi connectivity index (χ3n) is 5.10. The Bertz CT molecular complexity index is 1100. The van der Waals surface area contributed by atoms with Gasteiger partial charge in [0, 0.05) is 33.3 Å². The fraction of sp³-hybridized carbons (Fsp3) is 0.130. The lowest BCUT2D eigenvalue weighted by Gasteiger charge is -2.32. The van der Waals surface area contributed by atoms with Crippen molar-refractivity contribution in [2.24, 2.45) is 0 Å². The van der Waals surface area contributed by atoms with Crippen LogP contribution in [-0.4, -0.2) is 23.0 Å². The summed E-state index contributed by atoms with van der Waals surface area (Å²) in [6, 6.07) is 18.9. The molecule has 1 aliphatic heterocycles. The Kier molecular flexibility index (Phi) is 5.66. The summed E-state index contributed by atoms with van der Waals surface area (Å²) >= 11 is 12.4. The average molecular weight is 441 g/mol. The first-order valence-electron chi connectivity index (χ1n) is 9.37. The van der Waals surface area contributed by atoms with Crippen LogP contribution in [0.3, 0.4) is 0 Å². The first kappa shape index (κ1) is 20.3. The van der Waals surface area contributed by atoms with Crippen LogP contribution in [0.2, 0.25) is 10.0 Å². The maximum absolute atomic E-state index is 12.9. The van der Waals surface area contributed by atoms with Crippen LogP contribution < -0.4 is 10.6 Å². The van der Waals surface area contributed by atoms with Crippen molar-refractivity contribution in [3.8, 4) is 11.1 Å². The topological polar surface area (TPSA) is 78.4 Å². The molecule has 30 heavy (non-hydrogen) atoms. The molecular weight excluding hydrogens is 423 g/mol. The third-order valence-corrected chi connectivity index (χ3v) is 5.63. The number of carbonyl (C=O) groups is 2. The highest BCUT2D eigenvalue weighted by Crippen LogP contribution is 2.40. The Morgan fingerprint density at radius 3 is 2.30 bits per heavy atom. The second kappa shape index (κ2) is 8.38. The first-order chi connectivity index (χ1) is 14.4. The predicted octanol–water partition coefficient (Wildman–Crippen LogP) is 5.40. The Balaban J connectivity index is 1.59. The van der Waals surface area contributed by atoms with Crippen LogP contribution in [0.4, 0.5) is 5.69 Å². The lowest BCUT2D eigenvalue weighted by molar-refractivity contribution is -0.138. The van der Waals surface area contributed by atoms with Crippen LogP contribution in [0.15, 0.2) is 66.7 Å². The number of rotatable bonds is 4. The molecule has 1 amide bonds. The van der Waals surface area contributed by atoms with Gasteiger partial charge >= 0.3 is 5.97 Å². The molecule has 0 fully saturated rings. The van der Waals surface area contributed by atoms with Crippen LogP contribution in [0.25, 0.3) is 11.1 Å². The normalized spacial score (nSPS) is 17.5. The standard InChI is InChI=1S/C23H18Cl2N2O3/c24-16-10-17(25)21-18(11-16)26-20(23(29)30)12-19(21)27-22(28)15-8-6-14(7-9-15)13-4-2-1-3-5-13/h1-11,19-20,26H,12H2,(H,27,28)(H,29,30)/t19-,20+/m1/s1. The Hall–Kier alpha value is -3.02. The van der Waals surface area contributed by atoms with E-state index in [9.17, 15) is 14.7 Å². The van der Waals surface area contributed by atoms with Crippen molar-refractivity contribution < 1.29 is 14.7 Å². The number of halogens is 2. The zero-order chi connectivity index (χ0) is 21.3. The molecule has 5 nitrogen and oxygen atoms in total. The van der Waals surface area contributed by atoms with Gasteiger partial charge in [-0.2, -0.15) is 0 Å². The van der Waals surface area contributed by atoms with Crippen molar-refractivity contribution >= 4 is 40.8 Å². The number of hydrogen-bond acceptors (Lipinski definition) is 3. The van der Waals surface area contributed by atoms with Crippen molar-refractivity contribution in [1.82, 2.24) is 5.32 Å². The minimum absolute atomic E-state index is 0.164. The quantitative estimate of drug-likeness (QED) is 0.507. The SMILES string of the molecule is O=C(N[C@@H]1C[C@@H](C(=O)O)Nc2cc(Cl)cc(Cl)c21)c1ccc(-c2ccccc2)cc1. The van der Waals surface area contributed by atoms with Gasteiger partial charge in [0.15, 0.2) is 0 Å². The molecule has 152 valence electrons. The molecule has 0 bridgehead atoms. The summed E-state index contributed by atoms with van der Waals surface area (Å²) in [5.74, 6) is -1.31. The lowest BCUT2D eigenvalue weighted by Crippen LogP contribution is -2.41. The minimum atomic E-state index is -1.01. The summed E-state index contributed by atoms with van der Waals surface area (Å²) < 4.78 is 0. The van der Waals surface area contributed by atoms with E-state index < -0.39 is 18.1 Å². The molecule has 3 aromatic carbocycles. The zero-order valence-corrected chi connectivity index (χ0v) is 17.2. The molecule has 2 atom stereocenters. The number of amides is 1. The Morgan fingerprint density at radius 2 is 1.63 bits per heavy atom. The number of carbonyl (C=O) groups excluding carboxylic acids is 1. The van der Waals surface area contributed by atoms with E-state index in [-0.39, 0.29) is 12.3 Å². The zero-order valence-electron chi connectivity index (χ0n) is 15.7. The molecule has 0 saturated heterocycles. The van der Waals surface area contributed by atoms with Crippen LogP contribution in [0, 0.1) is 0 Å². The van der Waals surface area contributed by atoms with Gasteiger partial charge in [-0.1, -0.05) is 65.7 Å². The first-order valence-corrected chi connectivity index (χ1v) is 10.1. The summed E-state index contributed by atoms with van der Waals surface area (Å²) in [4.78, 5) is 24.4. The number of fused-ring (bicyclic) bond motifs is 1. The van der Waals surface area contributed by atoms with Gasteiger partial charge < -0.3 is 15.7 Å². The molecule has 0 aromatic heterocycles. The van der Waals surface area contributed by atoms with E-state index in [2.05, 4.69) is 10.6 Å². The molecule has 1 heterocycles. The van der Waals surface area contributed by atoms with Gasteiger partial charge in [0.05, 0.1) is 6.04 Å². The largest absolute Gasteiger partial charge is 0.480 e. The lowest BCUT2D eigenvalue weighted by atomic mass is 9.92. The number of aliphatic carboxylic acids is 1. The van der Waals surface area contributed by atoms with E-state index in [1.54, 1.807) is 24.3 Å². The summed E-state index contributed by atoms with van der Waals surface area (Å²) in [6.07, 6.45) is 0.164. The van der Waals surface area contributed by atoms with Gasteiger partial charge in [-0.25, -0.2) is 4.79 Å². The van der Waals surface area contributed by atoms with Crippen molar-refractivity contribution in [3.63, 3.8) is 0 Å². The van der Waals surface area contributed by atoms with E-state index in [4.69, 9.17) is 23.2 Å². The predicted molar refractivity (Wildman–Crippen MR) is 118 cm³/mol. The van der Waals surface area contributed by atoms with Crippen molar-refractivity contribution in [1.29, 1.82) is 0 Å². The van der Waals surface area contributed by atoms with Crippen LogP contribution >= 0.6 is 23.2 Å². The maximum atomic E-state index is 12.9. The van der Waals surface area contributed by atoms with E-state index in [1.807, 2.05) is 42.5 Å². The Morgan fingerprint density at radius 1 is 0.967 bits per heavy atom. The van der Waals surface area contributed by atoms with Crippen molar-refractivity contribution in [2.45, 2.75) is 18.5 Å². The highest BCUT2D eigenvalue weighted by atomic mass is 35.5. The number of carboxylic acid groups (broad SMARTS) is 1. The molecule has 3 aromatic rings. The molecule has 0 aliphatic carbocycles. The fourth-order valence-electron chi connectivity index (χ4n) is 3.64. The van der Waals surface area contributed by atoms with Gasteiger partial charge in [0.25, 0.3) is 5.91 Å².